The maximum atomic E-state index is 13.2. The van der Waals surface area contributed by atoms with Crippen molar-refractivity contribution >= 4 is 10.0 Å². The molecule has 0 amide bonds. The zero-order valence-corrected chi connectivity index (χ0v) is 11.8. The Balaban J connectivity index is 2.07. The van der Waals surface area contributed by atoms with Crippen LogP contribution in [-0.4, -0.2) is 27.2 Å². The Hall–Kier alpha value is -1.49. The first-order chi connectivity index (χ1) is 9.46. The highest BCUT2D eigenvalue weighted by molar-refractivity contribution is 7.89. The van der Waals surface area contributed by atoms with E-state index < -0.39 is 15.8 Å². The number of rotatable bonds is 5. The molecule has 1 aromatic carbocycles. The standard InChI is InChI=1S/C13H15FN2O3S/c1-2-19-11-6-10(7-11)16-20(17,18)12-3-4-13(14)9(5-12)8-15/h3-5,10-11,16H,2,6-7H2,1H3. The van der Waals surface area contributed by atoms with E-state index in [0.717, 1.165) is 18.2 Å². The van der Waals surface area contributed by atoms with Gasteiger partial charge in [-0.15, -0.1) is 0 Å². The molecule has 0 bridgehead atoms. The Morgan fingerprint density at radius 1 is 1.50 bits per heavy atom. The molecule has 1 aromatic rings. The van der Waals surface area contributed by atoms with Crippen molar-refractivity contribution in [1.82, 2.24) is 4.72 Å². The zero-order valence-electron chi connectivity index (χ0n) is 11.0. The second-order valence-corrected chi connectivity index (χ2v) is 6.33. The van der Waals surface area contributed by atoms with Gasteiger partial charge in [0.2, 0.25) is 10.0 Å². The van der Waals surface area contributed by atoms with Crippen LogP contribution in [-0.2, 0) is 14.8 Å². The van der Waals surface area contributed by atoms with Crippen molar-refractivity contribution in [3.8, 4) is 6.07 Å². The SMILES string of the molecule is CCOC1CC(NS(=O)(=O)c2ccc(F)c(C#N)c2)C1. The van der Waals surface area contributed by atoms with Crippen molar-refractivity contribution in [2.24, 2.45) is 0 Å². The highest BCUT2D eigenvalue weighted by Crippen LogP contribution is 2.25. The van der Waals surface area contributed by atoms with Crippen LogP contribution in [0.3, 0.4) is 0 Å². The van der Waals surface area contributed by atoms with Crippen LogP contribution in [0, 0.1) is 17.1 Å². The van der Waals surface area contributed by atoms with Crippen molar-refractivity contribution in [3.05, 3.63) is 29.6 Å². The third-order valence-electron chi connectivity index (χ3n) is 3.19. The molecule has 2 rings (SSSR count). The summed E-state index contributed by atoms with van der Waals surface area (Å²) >= 11 is 0. The maximum Gasteiger partial charge on any atom is 0.240 e. The molecular weight excluding hydrogens is 283 g/mol. The number of nitrogens with zero attached hydrogens (tertiary/aromatic N) is 1. The predicted octanol–water partition coefficient (Wildman–Crippen LogP) is 1.54. The molecule has 0 radical (unpaired) electrons. The first-order valence-corrected chi connectivity index (χ1v) is 7.78. The Labute approximate surface area is 117 Å². The van der Waals surface area contributed by atoms with Crippen LogP contribution >= 0.6 is 0 Å². The van der Waals surface area contributed by atoms with E-state index in [9.17, 15) is 12.8 Å². The van der Waals surface area contributed by atoms with E-state index in [1.54, 1.807) is 6.07 Å². The molecular formula is C13H15FN2O3S. The van der Waals surface area contributed by atoms with Crippen LogP contribution < -0.4 is 4.72 Å². The second-order valence-electron chi connectivity index (χ2n) is 4.62. The molecule has 1 fully saturated rings. The van der Waals surface area contributed by atoms with Crippen LogP contribution in [0.15, 0.2) is 23.1 Å². The molecule has 7 heteroatoms. The number of benzene rings is 1. The van der Waals surface area contributed by atoms with Crippen molar-refractivity contribution in [2.75, 3.05) is 6.61 Å². The smallest absolute Gasteiger partial charge is 0.240 e. The van der Waals surface area contributed by atoms with E-state index in [0.29, 0.717) is 19.4 Å². The summed E-state index contributed by atoms with van der Waals surface area (Å²) in [5, 5.41) is 8.72. The van der Waals surface area contributed by atoms with Gasteiger partial charge in [0.1, 0.15) is 11.9 Å². The monoisotopic (exact) mass is 298 g/mol. The summed E-state index contributed by atoms with van der Waals surface area (Å²) < 4.78 is 45.3. The minimum absolute atomic E-state index is 0.0931. The fourth-order valence-corrected chi connectivity index (χ4v) is 3.37. The average molecular weight is 298 g/mol. The van der Waals surface area contributed by atoms with Crippen LogP contribution in [0.25, 0.3) is 0 Å². The maximum absolute atomic E-state index is 13.2. The lowest BCUT2D eigenvalue weighted by Crippen LogP contribution is -2.47. The summed E-state index contributed by atoms with van der Waals surface area (Å²) in [6.45, 7) is 2.49. The van der Waals surface area contributed by atoms with Crippen molar-refractivity contribution in [1.29, 1.82) is 5.26 Å². The normalized spacial score (nSPS) is 22.1. The lowest BCUT2D eigenvalue weighted by atomic mass is 9.90. The molecule has 1 N–H and O–H groups in total. The topological polar surface area (TPSA) is 79.2 Å². The van der Waals surface area contributed by atoms with Gasteiger partial charge in [0.05, 0.1) is 16.6 Å². The summed E-state index contributed by atoms with van der Waals surface area (Å²) in [6.07, 6.45) is 1.34. The van der Waals surface area contributed by atoms with E-state index in [1.807, 2.05) is 6.92 Å². The van der Waals surface area contributed by atoms with Gasteiger partial charge in [-0.1, -0.05) is 0 Å². The summed E-state index contributed by atoms with van der Waals surface area (Å²) in [4.78, 5) is -0.102. The van der Waals surface area contributed by atoms with Gasteiger partial charge in [-0.2, -0.15) is 5.26 Å². The number of hydrogen-bond acceptors (Lipinski definition) is 4. The number of ether oxygens (including phenoxy) is 1. The van der Waals surface area contributed by atoms with Crippen molar-refractivity contribution in [2.45, 2.75) is 36.8 Å². The van der Waals surface area contributed by atoms with Gasteiger partial charge < -0.3 is 4.74 Å². The molecule has 20 heavy (non-hydrogen) atoms. The molecule has 108 valence electrons. The third kappa shape index (κ3) is 3.15. The molecule has 0 unspecified atom stereocenters. The van der Waals surface area contributed by atoms with Crippen LogP contribution in [0.2, 0.25) is 0 Å². The number of sulfonamides is 1. The van der Waals surface area contributed by atoms with E-state index >= 15 is 0 Å². The first-order valence-electron chi connectivity index (χ1n) is 6.30. The van der Waals surface area contributed by atoms with Crippen LogP contribution in [0.5, 0.6) is 0 Å². The summed E-state index contributed by atoms with van der Waals surface area (Å²) in [5.41, 5.74) is -0.284. The minimum atomic E-state index is -3.73. The van der Waals surface area contributed by atoms with Gasteiger partial charge >= 0.3 is 0 Å². The second kappa shape index (κ2) is 5.87. The van der Waals surface area contributed by atoms with Crippen LogP contribution in [0.4, 0.5) is 4.39 Å². The van der Waals surface area contributed by atoms with Crippen molar-refractivity contribution < 1.29 is 17.5 Å². The highest BCUT2D eigenvalue weighted by atomic mass is 32.2. The molecule has 0 spiro atoms. The quantitative estimate of drug-likeness (QED) is 0.894. The Bertz CT molecular complexity index is 634. The molecule has 0 heterocycles. The Kier molecular flexibility index (Phi) is 4.38. The fourth-order valence-electron chi connectivity index (χ4n) is 2.08. The molecule has 0 aromatic heterocycles. The Morgan fingerprint density at radius 2 is 2.20 bits per heavy atom. The zero-order chi connectivity index (χ0) is 14.8. The Morgan fingerprint density at radius 3 is 2.80 bits per heavy atom. The lowest BCUT2D eigenvalue weighted by Gasteiger charge is -2.35. The third-order valence-corrected chi connectivity index (χ3v) is 4.71. The number of nitriles is 1. The molecule has 0 atom stereocenters. The number of nitrogens with one attached hydrogen (secondary N) is 1. The summed E-state index contributed by atoms with van der Waals surface area (Å²) in [7, 11) is -3.73. The molecule has 0 saturated heterocycles. The first kappa shape index (κ1) is 14.9. The van der Waals surface area contributed by atoms with E-state index in [2.05, 4.69) is 4.72 Å². The fraction of sp³-hybridized carbons (Fsp3) is 0.462. The molecule has 1 aliphatic carbocycles. The summed E-state index contributed by atoms with van der Waals surface area (Å²) in [6, 6.07) is 4.62. The van der Waals surface area contributed by atoms with Gasteiger partial charge in [-0.25, -0.2) is 17.5 Å². The van der Waals surface area contributed by atoms with E-state index in [1.165, 1.54) is 0 Å². The largest absolute Gasteiger partial charge is 0.378 e. The van der Waals surface area contributed by atoms with Gasteiger partial charge in [0.15, 0.2) is 0 Å². The highest BCUT2D eigenvalue weighted by Gasteiger charge is 2.33. The predicted molar refractivity (Wildman–Crippen MR) is 69.9 cm³/mol. The molecule has 1 saturated carbocycles. The van der Waals surface area contributed by atoms with E-state index in [-0.39, 0.29) is 22.6 Å². The van der Waals surface area contributed by atoms with Gasteiger partial charge in [0.25, 0.3) is 0 Å². The van der Waals surface area contributed by atoms with Crippen molar-refractivity contribution in [3.63, 3.8) is 0 Å². The van der Waals surface area contributed by atoms with Gasteiger partial charge in [0, 0.05) is 12.6 Å². The van der Waals surface area contributed by atoms with Gasteiger partial charge in [-0.3, -0.25) is 0 Å². The average Bonchev–Trinajstić information content (AvgIpc) is 2.36. The minimum Gasteiger partial charge on any atom is -0.378 e. The summed E-state index contributed by atoms with van der Waals surface area (Å²) in [5.74, 6) is -0.730. The number of halogens is 1. The van der Waals surface area contributed by atoms with Gasteiger partial charge in [-0.05, 0) is 38.0 Å². The molecule has 5 nitrogen and oxygen atoms in total. The lowest BCUT2D eigenvalue weighted by molar-refractivity contribution is -0.00475. The van der Waals surface area contributed by atoms with Crippen LogP contribution in [0.1, 0.15) is 25.3 Å². The van der Waals surface area contributed by atoms with E-state index in [4.69, 9.17) is 10.00 Å². The molecule has 0 aliphatic heterocycles. The number of hydrogen-bond donors (Lipinski definition) is 1. The molecule has 1 aliphatic rings.